The van der Waals surface area contributed by atoms with Gasteiger partial charge in [-0.05, 0) is 39.5 Å². The molecule has 0 spiro atoms. The lowest BCUT2D eigenvalue weighted by Crippen LogP contribution is -2.59. The Morgan fingerprint density at radius 2 is 1.88 bits per heavy atom. The Morgan fingerprint density at radius 3 is 2.42 bits per heavy atom. The largest absolute Gasteiger partial charge is 0.381 e. The van der Waals surface area contributed by atoms with Crippen LogP contribution in [-0.2, 0) is 9.53 Å². The van der Waals surface area contributed by atoms with E-state index in [4.69, 9.17) is 4.74 Å². The second-order valence-corrected chi connectivity index (χ2v) is 8.38. The number of nitrogens with zero attached hydrogens (tertiary/aromatic N) is 4. The first-order valence-electron chi connectivity index (χ1n) is 9.97. The SMILES string of the molecule is CN=C(NCC(C)(C)N1CCC(OC)CC1)N1CCN(C2CC2)C(=O)C1. The molecule has 0 bridgehead atoms. The molecule has 0 atom stereocenters. The molecular weight excluding hydrogens is 330 g/mol. The summed E-state index contributed by atoms with van der Waals surface area (Å²) >= 11 is 0. The molecule has 2 saturated heterocycles. The molecule has 1 aliphatic carbocycles. The van der Waals surface area contributed by atoms with E-state index in [-0.39, 0.29) is 11.4 Å². The van der Waals surface area contributed by atoms with Crippen molar-refractivity contribution in [1.82, 2.24) is 20.0 Å². The van der Waals surface area contributed by atoms with E-state index >= 15 is 0 Å². The number of carbonyl (C=O) groups excluding carboxylic acids is 1. The molecule has 2 heterocycles. The number of amides is 1. The first kappa shape index (κ1) is 19.4. The summed E-state index contributed by atoms with van der Waals surface area (Å²) in [7, 11) is 3.61. The zero-order valence-electron chi connectivity index (χ0n) is 16.8. The normalized spacial score (nSPS) is 24.3. The highest BCUT2D eigenvalue weighted by Gasteiger charge is 2.37. The average Bonchev–Trinajstić information content (AvgIpc) is 3.47. The van der Waals surface area contributed by atoms with Crippen molar-refractivity contribution in [2.45, 2.75) is 57.2 Å². The van der Waals surface area contributed by atoms with Gasteiger partial charge in [0.2, 0.25) is 5.91 Å². The smallest absolute Gasteiger partial charge is 0.242 e. The maximum absolute atomic E-state index is 12.4. The Balaban J connectivity index is 1.49. The molecule has 3 aliphatic rings. The summed E-state index contributed by atoms with van der Waals surface area (Å²) in [6.45, 7) is 9.60. The minimum Gasteiger partial charge on any atom is -0.381 e. The van der Waals surface area contributed by atoms with Gasteiger partial charge in [0.25, 0.3) is 0 Å². The molecule has 148 valence electrons. The quantitative estimate of drug-likeness (QED) is 0.576. The van der Waals surface area contributed by atoms with E-state index in [0.29, 0.717) is 18.7 Å². The van der Waals surface area contributed by atoms with Crippen LogP contribution in [0.2, 0.25) is 0 Å². The van der Waals surface area contributed by atoms with E-state index < -0.39 is 0 Å². The fraction of sp³-hybridized carbons (Fsp3) is 0.895. The third-order valence-electron chi connectivity index (χ3n) is 6.07. The summed E-state index contributed by atoms with van der Waals surface area (Å²) in [5.74, 6) is 1.08. The van der Waals surface area contributed by atoms with Gasteiger partial charge >= 0.3 is 0 Å². The molecule has 0 aromatic heterocycles. The second-order valence-electron chi connectivity index (χ2n) is 8.38. The molecule has 7 heteroatoms. The van der Waals surface area contributed by atoms with Crippen LogP contribution >= 0.6 is 0 Å². The molecule has 3 fully saturated rings. The van der Waals surface area contributed by atoms with Crippen LogP contribution in [0, 0.1) is 0 Å². The Morgan fingerprint density at radius 1 is 1.19 bits per heavy atom. The molecule has 0 unspecified atom stereocenters. The standard InChI is InChI=1S/C19H35N5O2/c1-19(2,23-9-7-16(26-4)8-10-23)14-21-18(20-3)22-11-12-24(15-5-6-15)17(25)13-22/h15-16H,5-14H2,1-4H3,(H,20,21). The van der Waals surface area contributed by atoms with Gasteiger partial charge in [-0.2, -0.15) is 0 Å². The Bertz CT molecular complexity index is 524. The van der Waals surface area contributed by atoms with E-state index in [1.165, 1.54) is 12.8 Å². The third kappa shape index (κ3) is 4.49. The van der Waals surface area contributed by atoms with Crippen LogP contribution in [-0.4, -0.2) is 97.7 Å². The zero-order chi connectivity index (χ0) is 18.7. The summed E-state index contributed by atoms with van der Waals surface area (Å²) in [4.78, 5) is 23.5. The number of hydrogen-bond donors (Lipinski definition) is 1. The number of hydrogen-bond acceptors (Lipinski definition) is 4. The topological polar surface area (TPSA) is 60.4 Å². The van der Waals surface area contributed by atoms with Crippen molar-refractivity contribution in [3.05, 3.63) is 0 Å². The van der Waals surface area contributed by atoms with Gasteiger partial charge in [0.1, 0.15) is 0 Å². The molecule has 26 heavy (non-hydrogen) atoms. The molecule has 7 nitrogen and oxygen atoms in total. The Labute approximate surface area is 157 Å². The highest BCUT2D eigenvalue weighted by Crippen LogP contribution is 2.28. The van der Waals surface area contributed by atoms with Gasteiger partial charge in [0.15, 0.2) is 5.96 Å². The minimum absolute atomic E-state index is 0.0362. The van der Waals surface area contributed by atoms with Crippen molar-refractivity contribution >= 4 is 11.9 Å². The van der Waals surface area contributed by atoms with E-state index in [1.807, 2.05) is 4.90 Å². The third-order valence-corrected chi connectivity index (χ3v) is 6.07. The van der Waals surface area contributed by atoms with Crippen LogP contribution in [0.15, 0.2) is 4.99 Å². The highest BCUT2D eigenvalue weighted by atomic mass is 16.5. The Hall–Kier alpha value is -1.34. The number of carbonyl (C=O) groups is 1. The highest BCUT2D eigenvalue weighted by molar-refractivity contribution is 5.88. The van der Waals surface area contributed by atoms with Crippen LogP contribution in [0.4, 0.5) is 0 Å². The van der Waals surface area contributed by atoms with Crippen LogP contribution < -0.4 is 5.32 Å². The van der Waals surface area contributed by atoms with Crippen molar-refractivity contribution in [2.24, 2.45) is 4.99 Å². The monoisotopic (exact) mass is 365 g/mol. The molecular formula is C19H35N5O2. The van der Waals surface area contributed by atoms with E-state index in [9.17, 15) is 4.79 Å². The summed E-state index contributed by atoms with van der Waals surface area (Å²) in [6, 6.07) is 0.508. The molecule has 1 amide bonds. The van der Waals surface area contributed by atoms with Crippen LogP contribution in [0.1, 0.15) is 39.5 Å². The minimum atomic E-state index is 0.0362. The summed E-state index contributed by atoms with van der Waals surface area (Å²) < 4.78 is 5.48. The number of aliphatic imine (C=N–C) groups is 1. The zero-order valence-corrected chi connectivity index (χ0v) is 16.8. The van der Waals surface area contributed by atoms with Crippen LogP contribution in [0.25, 0.3) is 0 Å². The molecule has 0 radical (unpaired) electrons. The van der Waals surface area contributed by atoms with Gasteiger partial charge in [0, 0.05) is 58.5 Å². The fourth-order valence-electron chi connectivity index (χ4n) is 4.08. The molecule has 2 aliphatic heterocycles. The number of piperidine rings is 1. The van der Waals surface area contributed by atoms with Crippen molar-refractivity contribution in [1.29, 1.82) is 0 Å². The van der Waals surface area contributed by atoms with Gasteiger partial charge < -0.3 is 19.9 Å². The van der Waals surface area contributed by atoms with Crippen molar-refractivity contribution in [2.75, 3.05) is 53.4 Å². The number of methoxy groups -OCH3 is 1. The first-order chi connectivity index (χ1) is 12.4. The van der Waals surface area contributed by atoms with Crippen LogP contribution in [0.5, 0.6) is 0 Å². The lowest BCUT2D eigenvalue weighted by molar-refractivity contribution is -0.135. The van der Waals surface area contributed by atoms with Gasteiger partial charge in [-0.3, -0.25) is 14.7 Å². The molecule has 0 aromatic rings. The van der Waals surface area contributed by atoms with E-state index in [2.05, 4.69) is 34.0 Å². The van der Waals surface area contributed by atoms with Crippen molar-refractivity contribution in [3.8, 4) is 0 Å². The molecule has 1 N–H and O–H groups in total. The summed E-state index contributed by atoms with van der Waals surface area (Å²) in [5, 5.41) is 3.51. The number of piperazine rings is 1. The Kier molecular flexibility index (Phi) is 6.07. The number of likely N-dealkylation sites (tertiary alicyclic amines) is 1. The molecule has 0 aromatic carbocycles. The summed E-state index contributed by atoms with van der Waals surface area (Å²) in [5.41, 5.74) is 0.0362. The maximum Gasteiger partial charge on any atom is 0.242 e. The van der Waals surface area contributed by atoms with Crippen LogP contribution in [0.3, 0.4) is 0 Å². The number of guanidine groups is 1. The number of rotatable bonds is 5. The van der Waals surface area contributed by atoms with Crippen molar-refractivity contribution < 1.29 is 9.53 Å². The van der Waals surface area contributed by atoms with E-state index in [1.54, 1.807) is 14.2 Å². The van der Waals surface area contributed by atoms with E-state index in [0.717, 1.165) is 51.5 Å². The predicted molar refractivity (Wildman–Crippen MR) is 103 cm³/mol. The number of ether oxygens (including phenoxy) is 1. The number of nitrogens with one attached hydrogen (secondary N) is 1. The van der Waals surface area contributed by atoms with Gasteiger partial charge in [0.05, 0.1) is 12.6 Å². The second kappa shape index (κ2) is 8.13. The average molecular weight is 366 g/mol. The fourth-order valence-corrected chi connectivity index (χ4v) is 4.08. The van der Waals surface area contributed by atoms with Gasteiger partial charge in [-0.25, -0.2) is 0 Å². The maximum atomic E-state index is 12.4. The van der Waals surface area contributed by atoms with Gasteiger partial charge in [-0.1, -0.05) is 0 Å². The molecule has 3 rings (SSSR count). The predicted octanol–water partition coefficient (Wildman–Crippen LogP) is 0.758. The van der Waals surface area contributed by atoms with Gasteiger partial charge in [-0.15, -0.1) is 0 Å². The first-order valence-corrected chi connectivity index (χ1v) is 9.97. The molecule has 1 saturated carbocycles. The van der Waals surface area contributed by atoms with Crippen molar-refractivity contribution in [3.63, 3.8) is 0 Å². The lowest BCUT2D eigenvalue weighted by Gasteiger charge is -2.43. The summed E-state index contributed by atoms with van der Waals surface area (Å²) in [6.07, 6.45) is 4.93. The lowest BCUT2D eigenvalue weighted by atomic mass is 9.97.